The third-order valence-electron chi connectivity index (χ3n) is 4.64. The van der Waals surface area contributed by atoms with E-state index in [4.69, 9.17) is 17.3 Å². The number of hydrogen-bond acceptors (Lipinski definition) is 5. The number of amides is 1. The Balaban J connectivity index is 0.000000572. The maximum atomic E-state index is 11.6. The van der Waals surface area contributed by atoms with Gasteiger partial charge in [0.25, 0.3) is 5.69 Å². The molecule has 4 rings (SSSR count). The zero-order valence-electron chi connectivity index (χ0n) is 16.5. The maximum absolute atomic E-state index is 11.6. The Labute approximate surface area is 178 Å². The first-order valence-electron chi connectivity index (χ1n) is 9.28. The van der Waals surface area contributed by atoms with E-state index in [9.17, 15) is 20.0 Å². The molecule has 3 N–H and O–H groups in total. The molecule has 30 heavy (non-hydrogen) atoms. The maximum Gasteiger partial charge on any atom is 0.432 e. The number of hydrogen-bond donors (Lipinski definition) is 2. The van der Waals surface area contributed by atoms with Crippen LogP contribution < -0.4 is 5.73 Å². The van der Waals surface area contributed by atoms with Crippen LogP contribution in [0.5, 0.6) is 0 Å². The normalized spacial score (nSPS) is 15.1. The van der Waals surface area contributed by atoms with E-state index in [2.05, 4.69) is 5.10 Å². The topological polar surface area (TPSA) is 122 Å². The predicted molar refractivity (Wildman–Crippen MR) is 116 cm³/mol. The molecule has 8 nitrogen and oxygen atoms in total. The van der Waals surface area contributed by atoms with Crippen molar-refractivity contribution in [3.8, 4) is 0 Å². The van der Waals surface area contributed by atoms with Crippen LogP contribution in [0.1, 0.15) is 42.0 Å². The van der Waals surface area contributed by atoms with Crippen LogP contribution in [0.2, 0.25) is 5.02 Å². The summed E-state index contributed by atoms with van der Waals surface area (Å²) in [5, 5.41) is 26.2. The van der Waals surface area contributed by atoms with E-state index in [0.717, 1.165) is 10.6 Å². The lowest BCUT2D eigenvalue weighted by atomic mass is 9.96. The number of allylic oxidation sites excluding steroid dienone is 1. The summed E-state index contributed by atoms with van der Waals surface area (Å²) in [5.74, 6) is 0. The van der Waals surface area contributed by atoms with E-state index < -0.39 is 11.0 Å². The molecule has 1 amide bonds. The van der Waals surface area contributed by atoms with Crippen LogP contribution in [0.15, 0.2) is 47.2 Å². The molecule has 0 unspecified atom stereocenters. The van der Waals surface area contributed by atoms with Crippen LogP contribution in [0.4, 0.5) is 10.5 Å². The first-order chi connectivity index (χ1) is 14.2. The van der Waals surface area contributed by atoms with Gasteiger partial charge in [-0.2, -0.15) is 10.1 Å². The molecule has 9 heteroatoms. The highest BCUT2D eigenvalue weighted by Gasteiger charge is 2.23. The summed E-state index contributed by atoms with van der Waals surface area (Å²) in [6.07, 6.45) is 3.00. The van der Waals surface area contributed by atoms with Gasteiger partial charge in [-0.05, 0) is 62.6 Å². The quantitative estimate of drug-likeness (QED) is 0.526. The summed E-state index contributed by atoms with van der Waals surface area (Å²) in [4.78, 5) is 22.2. The van der Waals surface area contributed by atoms with Gasteiger partial charge in [0.05, 0.1) is 10.6 Å². The largest absolute Gasteiger partial charge is 0.463 e. The van der Waals surface area contributed by atoms with Crippen LogP contribution in [0, 0.1) is 17.0 Å². The monoisotopic (exact) mass is 428 g/mol. The number of nitrogens with two attached hydrogens (primary N) is 1. The highest BCUT2D eigenvalue weighted by molar-refractivity contribution is 6.31. The fourth-order valence-corrected chi connectivity index (χ4v) is 3.06. The number of carbonyl (C=O) groups is 1. The summed E-state index contributed by atoms with van der Waals surface area (Å²) in [7, 11) is 0. The van der Waals surface area contributed by atoms with Crippen LogP contribution in [0.25, 0.3) is 6.08 Å². The second-order valence-corrected chi connectivity index (χ2v) is 7.59. The molecule has 0 radical (unpaired) electrons. The average molecular weight is 429 g/mol. The number of aryl methyl sites for hydroxylation is 1. The molecule has 0 atom stereocenters. The minimum atomic E-state index is -1.23. The highest BCUT2D eigenvalue weighted by atomic mass is 35.5. The van der Waals surface area contributed by atoms with Crippen LogP contribution in [-0.4, -0.2) is 32.9 Å². The zero-order valence-corrected chi connectivity index (χ0v) is 17.3. The van der Waals surface area contributed by atoms with Gasteiger partial charge < -0.3 is 10.8 Å². The number of halogens is 1. The van der Waals surface area contributed by atoms with Crippen molar-refractivity contribution in [1.82, 2.24) is 5.01 Å². The Morgan fingerprint density at radius 3 is 2.47 bits per heavy atom. The van der Waals surface area contributed by atoms with Gasteiger partial charge in [-0.3, -0.25) is 10.1 Å². The van der Waals surface area contributed by atoms with E-state index >= 15 is 0 Å². The molecule has 1 saturated carbocycles. The number of hydrazone groups is 1. The van der Waals surface area contributed by atoms with Crippen molar-refractivity contribution in [3.63, 3.8) is 0 Å². The lowest BCUT2D eigenvalue weighted by Crippen LogP contribution is -2.23. The third kappa shape index (κ3) is 4.84. The second-order valence-electron chi connectivity index (χ2n) is 7.16. The summed E-state index contributed by atoms with van der Waals surface area (Å²) < 4.78 is 0. The lowest BCUT2D eigenvalue weighted by Gasteiger charge is -2.14. The molecule has 1 aliphatic heterocycles. The SMILES string of the molecule is CC1=Cc2ccc(Cl)cc2C(c2ccc([N+](=O)[O-])c(C)c2)=NN1C(=O)O.NC1CC1. The van der Waals surface area contributed by atoms with Gasteiger partial charge in [0.2, 0.25) is 0 Å². The van der Waals surface area contributed by atoms with E-state index in [1.807, 2.05) is 0 Å². The Bertz CT molecular complexity index is 1080. The molecule has 1 heterocycles. The molecule has 1 aliphatic carbocycles. The Morgan fingerprint density at radius 1 is 1.27 bits per heavy atom. The van der Waals surface area contributed by atoms with Gasteiger partial charge in [0.15, 0.2) is 0 Å². The minimum Gasteiger partial charge on any atom is -0.463 e. The number of carboxylic acid groups (broad SMARTS) is 1. The van der Waals surface area contributed by atoms with Gasteiger partial charge in [-0.1, -0.05) is 17.7 Å². The van der Waals surface area contributed by atoms with E-state index in [0.29, 0.717) is 39.2 Å². The van der Waals surface area contributed by atoms with Crippen molar-refractivity contribution in [3.05, 3.63) is 79.5 Å². The molecule has 2 aromatic rings. The van der Waals surface area contributed by atoms with Gasteiger partial charge in [-0.15, -0.1) is 0 Å². The fraction of sp³-hybridized carbons (Fsp3) is 0.238. The average Bonchev–Trinajstić information content (AvgIpc) is 3.47. The van der Waals surface area contributed by atoms with Crippen LogP contribution >= 0.6 is 11.6 Å². The first-order valence-corrected chi connectivity index (χ1v) is 9.66. The highest BCUT2D eigenvalue weighted by Crippen LogP contribution is 2.28. The fourth-order valence-electron chi connectivity index (χ4n) is 2.89. The van der Waals surface area contributed by atoms with Crippen molar-refractivity contribution < 1.29 is 14.8 Å². The Hall–Kier alpha value is -3.23. The number of nitro groups is 1. The van der Waals surface area contributed by atoms with Crippen molar-refractivity contribution in [2.24, 2.45) is 10.8 Å². The number of nitrogens with zero attached hydrogens (tertiary/aromatic N) is 3. The molecule has 0 spiro atoms. The molecule has 0 saturated heterocycles. The van der Waals surface area contributed by atoms with Gasteiger partial charge in [0, 0.05) is 39.5 Å². The smallest absolute Gasteiger partial charge is 0.432 e. The van der Waals surface area contributed by atoms with Gasteiger partial charge in [0.1, 0.15) is 0 Å². The third-order valence-corrected chi connectivity index (χ3v) is 4.87. The van der Waals surface area contributed by atoms with Crippen molar-refractivity contribution >= 4 is 35.2 Å². The molecule has 2 aromatic carbocycles. The van der Waals surface area contributed by atoms with E-state index in [1.54, 1.807) is 50.3 Å². The number of rotatable bonds is 2. The summed E-state index contributed by atoms with van der Waals surface area (Å²) in [6.45, 7) is 3.26. The Morgan fingerprint density at radius 2 is 1.93 bits per heavy atom. The van der Waals surface area contributed by atoms with Crippen molar-refractivity contribution in [2.75, 3.05) is 0 Å². The van der Waals surface area contributed by atoms with Crippen LogP contribution in [0.3, 0.4) is 0 Å². The number of nitro benzene ring substituents is 1. The summed E-state index contributed by atoms with van der Waals surface area (Å²) >= 11 is 6.12. The number of benzene rings is 2. The van der Waals surface area contributed by atoms with E-state index in [1.165, 1.54) is 18.9 Å². The molecule has 156 valence electrons. The molecular weight excluding hydrogens is 408 g/mol. The van der Waals surface area contributed by atoms with Gasteiger partial charge in [-0.25, -0.2) is 4.79 Å². The molecular formula is C21H21ClN4O4. The first kappa shape index (κ1) is 21.5. The molecule has 1 fully saturated rings. The second kappa shape index (κ2) is 8.64. The summed E-state index contributed by atoms with van der Waals surface area (Å²) in [5.41, 5.74) is 8.42. The van der Waals surface area contributed by atoms with Crippen LogP contribution in [-0.2, 0) is 0 Å². The van der Waals surface area contributed by atoms with Crippen molar-refractivity contribution in [2.45, 2.75) is 32.7 Å². The van der Waals surface area contributed by atoms with Crippen molar-refractivity contribution in [1.29, 1.82) is 0 Å². The zero-order chi connectivity index (χ0) is 22.0. The minimum absolute atomic E-state index is 0.0151. The molecule has 2 aliphatic rings. The molecule has 0 bridgehead atoms. The molecule has 0 aromatic heterocycles. The summed E-state index contributed by atoms with van der Waals surface area (Å²) in [6, 6.07) is 10.3. The van der Waals surface area contributed by atoms with Gasteiger partial charge >= 0.3 is 6.09 Å². The van der Waals surface area contributed by atoms with E-state index in [-0.39, 0.29) is 5.69 Å². The lowest BCUT2D eigenvalue weighted by molar-refractivity contribution is -0.385. The predicted octanol–water partition coefficient (Wildman–Crippen LogP) is 4.77. The number of fused-ring (bicyclic) bond motifs is 1. The standard InChI is InChI=1S/C18H14ClN3O4.C3H7N/c1-10-7-13(4-6-16(10)22(25)26)17-15-9-14(19)5-3-12(15)8-11(2)21(20-17)18(23)24;4-3-1-2-3/h3-9H,1-2H3,(H,23,24);3H,1-2,4H2. The Kier molecular flexibility index (Phi) is 6.19.